The van der Waals surface area contributed by atoms with Gasteiger partial charge in [-0.1, -0.05) is 24.3 Å². The summed E-state index contributed by atoms with van der Waals surface area (Å²) in [6, 6.07) is 14.2. The zero-order chi connectivity index (χ0) is 43.9. The molecule has 24 nitrogen and oxygen atoms in total. The van der Waals surface area contributed by atoms with E-state index in [0.29, 0.717) is 45.3 Å². The molecule has 0 aromatic heterocycles. The van der Waals surface area contributed by atoms with Crippen molar-refractivity contribution in [2.45, 2.75) is 0 Å². The number of para-hydroxylation sites is 2. The van der Waals surface area contributed by atoms with Crippen LogP contribution in [0.4, 0.5) is 0 Å². The van der Waals surface area contributed by atoms with Crippen LogP contribution in [0.25, 0.3) is 22.3 Å². The molecule has 0 bridgehead atoms. The molecule has 0 aliphatic rings. The number of ether oxygens (including phenoxy) is 6. The summed E-state index contributed by atoms with van der Waals surface area (Å²) >= 11 is 0. The molecule has 0 amide bonds. The van der Waals surface area contributed by atoms with E-state index in [4.69, 9.17) is 97.2 Å². The number of nitrogens with two attached hydrogens (primary N) is 12. The van der Waals surface area contributed by atoms with E-state index in [-0.39, 0.29) is 126 Å². The Balaban J connectivity index is 2.36. The van der Waals surface area contributed by atoms with Gasteiger partial charge in [-0.15, -0.1) is 0 Å². The molecule has 3 aromatic carbocycles. The Morgan fingerprint density at radius 2 is 0.533 bits per heavy atom. The van der Waals surface area contributed by atoms with Crippen LogP contribution in [0.15, 0.2) is 78.5 Å². The summed E-state index contributed by atoms with van der Waals surface area (Å²) in [7, 11) is 0. The van der Waals surface area contributed by atoms with Gasteiger partial charge in [0.05, 0.1) is 39.3 Å². The van der Waals surface area contributed by atoms with Crippen molar-refractivity contribution in [1.82, 2.24) is 0 Å². The van der Waals surface area contributed by atoms with Gasteiger partial charge >= 0.3 is 0 Å². The third-order valence-corrected chi connectivity index (χ3v) is 7.47. The molecule has 0 atom stereocenters. The number of aliphatic imine (C=N–C) groups is 6. The fraction of sp³-hybridized carbons (Fsp3) is 0.333. The lowest BCUT2D eigenvalue weighted by atomic mass is 9.96. The van der Waals surface area contributed by atoms with Gasteiger partial charge in [0, 0.05) is 22.3 Å². The molecule has 0 unspecified atom stereocenters. The fourth-order valence-corrected chi connectivity index (χ4v) is 5.20. The Labute approximate surface area is 346 Å². The van der Waals surface area contributed by atoms with Crippen molar-refractivity contribution in [3.05, 3.63) is 48.5 Å². The van der Waals surface area contributed by atoms with Crippen LogP contribution in [0, 0.1) is 0 Å². The maximum atomic E-state index is 6.51. The molecule has 0 saturated heterocycles. The van der Waals surface area contributed by atoms with Crippen molar-refractivity contribution in [2.75, 3.05) is 78.9 Å². The Bertz CT molecular complexity index is 1870. The van der Waals surface area contributed by atoms with Crippen molar-refractivity contribution >= 4 is 35.8 Å². The standard InChI is InChI=1S/C36H56N18O6/c37-31(38)49-9-15-55-25-5-1-3-21(27(25)57-17-11-51-33(41)42)23-7-8-24(30(60-20-14-54-36(47)48)29(23)59-19-13-53-35(45)46)22-4-2-6-26(56-16-10-50-32(39)40)28(22)58-18-12-52-34(43)44/h1-8H,9-20H2,(H4,37,38,49)(H4,39,40,50)(H4,41,42,51)(H4,43,44,52)(H4,45,46,53)(H4,47,48,54). The van der Waals surface area contributed by atoms with Gasteiger partial charge in [0.1, 0.15) is 39.6 Å². The van der Waals surface area contributed by atoms with Crippen LogP contribution < -0.4 is 97.2 Å². The van der Waals surface area contributed by atoms with Crippen molar-refractivity contribution in [2.24, 2.45) is 98.8 Å². The maximum Gasteiger partial charge on any atom is 0.186 e. The molecule has 0 saturated carbocycles. The molecular formula is C36H56N18O6. The van der Waals surface area contributed by atoms with E-state index in [1.54, 1.807) is 24.3 Å². The largest absolute Gasteiger partial charge is 0.488 e. The Hall–Kier alpha value is -7.92. The van der Waals surface area contributed by atoms with Gasteiger partial charge in [-0.3, -0.25) is 30.0 Å². The minimum atomic E-state index is -0.123. The van der Waals surface area contributed by atoms with Gasteiger partial charge in [0.25, 0.3) is 0 Å². The molecule has 0 fully saturated rings. The van der Waals surface area contributed by atoms with Crippen LogP contribution >= 0.6 is 0 Å². The quantitative estimate of drug-likeness (QED) is 0.0217. The van der Waals surface area contributed by atoms with Gasteiger partial charge in [-0.2, -0.15) is 0 Å². The predicted molar refractivity (Wildman–Crippen MR) is 234 cm³/mol. The lowest BCUT2D eigenvalue weighted by Crippen LogP contribution is -2.24. The molecule has 3 aromatic rings. The van der Waals surface area contributed by atoms with Gasteiger partial charge in [0.2, 0.25) is 0 Å². The van der Waals surface area contributed by atoms with E-state index >= 15 is 0 Å². The maximum absolute atomic E-state index is 6.51. The van der Waals surface area contributed by atoms with Crippen LogP contribution in [0.1, 0.15) is 0 Å². The number of hydrogen-bond acceptors (Lipinski definition) is 12. The molecule has 326 valence electrons. The van der Waals surface area contributed by atoms with Gasteiger partial charge in [0.15, 0.2) is 70.3 Å². The molecule has 3 rings (SSSR count). The summed E-state index contributed by atoms with van der Waals surface area (Å²) in [6.07, 6.45) is 0. The number of hydrogen-bond donors (Lipinski definition) is 12. The minimum absolute atomic E-state index is 0.00379. The van der Waals surface area contributed by atoms with Crippen LogP contribution in [-0.2, 0) is 0 Å². The minimum Gasteiger partial charge on any atom is -0.488 e. The molecule has 24 N–H and O–H groups in total. The molecule has 60 heavy (non-hydrogen) atoms. The lowest BCUT2D eigenvalue weighted by molar-refractivity contribution is 0.275. The number of benzene rings is 3. The van der Waals surface area contributed by atoms with E-state index < -0.39 is 0 Å². The SMILES string of the molecule is NC(N)=NCCOc1cccc(-c2ccc(-c3cccc(OCCN=C(N)N)c3OCCN=C(N)N)c(OCCN=C(N)N)c2OCCN=C(N)N)c1OCCN=C(N)N. The van der Waals surface area contributed by atoms with E-state index in [2.05, 4.69) is 30.0 Å². The van der Waals surface area contributed by atoms with Crippen LogP contribution in [0.5, 0.6) is 34.5 Å². The average molecular weight is 837 g/mol. The molecule has 0 radical (unpaired) electrons. The summed E-state index contributed by atoms with van der Waals surface area (Å²) in [5, 5.41) is 0. The second kappa shape index (κ2) is 24.7. The van der Waals surface area contributed by atoms with Gasteiger partial charge in [-0.25, -0.2) is 0 Å². The normalized spacial score (nSPS) is 10.3. The second-order valence-electron chi connectivity index (χ2n) is 12.0. The van der Waals surface area contributed by atoms with Crippen molar-refractivity contribution in [3.8, 4) is 56.8 Å². The zero-order valence-electron chi connectivity index (χ0n) is 33.2. The molecule has 0 aliphatic heterocycles. The summed E-state index contributed by atoms with van der Waals surface area (Å²) in [4.78, 5) is 24.3. The van der Waals surface area contributed by atoms with Crippen LogP contribution in [0.2, 0.25) is 0 Å². The zero-order valence-corrected chi connectivity index (χ0v) is 33.2. The number of nitrogens with zero attached hydrogens (tertiary/aromatic N) is 6. The van der Waals surface area contributed by atoms with E-state index in [0.717, 1.165) is 0 Å². The molecule has 0 heterocycles. The van der Waals surface area contributed by atoms with E-state index in [9.17, 15) is 0 Å². The molecular weight excluding hydrogens is 781 g/mol. The first-order valence-electron chi connectivity index (χ1n) is 18.3. The first-order chi connectivity index (χ1) is 28.8. The third-order valence-electron chi connectivity index (χ3n) is 7.47. The number of rotatable bonds is 26. The topological polar surface area (TPSA) is 442 Å². The van der Waals surface area contributed by atoms with Crippen molar-refractivity contribution in [1.29, 1.82) is 0 Å². The average Bonchev–Trinajstić information content (AvgIpc) is 3.18. The molecule has 0 spiro atoms. The Morgan fingerprint density at radius 3 is 0.800 bits per heavy atom. The van der Waals surface area contributed by atoms with Crippen molar-refractivity contribution < 1.29 is 28.4 Å². The first-order valence-corrected chi connectivity index (χ1v) is 18.3. The highest BCUT2D eigenvalue weighted by molar-refractivity contribution is 5.88. The Kier molecular flexibility index (Phi) is 19.1. The lowest BCUT2D eigenvalue weighted by Gasteiger charge is -2.23. The van der Waals surface area contributed by atoms with Crippen LogP contribution in [0.3, 0.4) is 0 Å². The summed E-state index contributed by atoms with van der Waals surface area (Å²) in [5.41, 5.74) is 69.0. The summed E-state index contributed by atoms with van der Waals surface area (Å²) in [6.45, 7) is 1.18. The van der Waals surface area contributed by atoms with Gasteiger partial charge < -0.3 is 97.2 Å². The monoisotopic (exact) mass is 836 g/mol. The van der Waals surface area contributed by atoms with E-state index in [1.165, 1.54) is 0 Å². The van der Waals surface area contributed by atoms with Crippen molar-refractivity contribution in [3.63, 3.8) is 0 Å². The smallest absolute Gasteiger partial charge is 0.186 e. The fourth-order valence-electron chi connectivity index (χ4n) is 5.20. The molecule has 24 heteroatoms. The van der Waals surface area contributed by atoms with E-state index in [1.807, 2.05) is 24.3 Å². The first kappa shape index (κ1) is 46.5. The summed E-state index contributed by atoms with van der Waals surface area (Å²) < 4.78 is 37.8. The highest BCUT2D eigenvalue weighted by Crippen LogP contribution is 2.51. The number of guanidine groups is 6. The highest BCUT2D eigenvalue weighted by atomic mass is 16.5. The Morgan fingerprint density at radius 1 is 0.300 bits per heavy atom. The summed E-state index contributed by atoms with van der Waals surface area (Å²) in [5.74, 6) is 1.25. The van der Waals surface area contributed by atoms with Crippen LogP contribution in [-0.4, -0.2) is 115 Å². The highest BCUT2D eigenvalue weighted by Gasteiger charge is 2.26. The van der Waals surface area contributed by atoms with Gasteiger partial charge in [-0.05, 0) is 24.3 Å². The molecule has 0 aliphatic carbocycles. The predicted octanol–water partition coefficient (Wildman–Crippen LogP) is -3.07. The second-order valence-corrected chi connectivity index (χ2v) is 12.0. The third kappa shape index (κ3) is 15.9.